The Hall–Kier alpha value is -2.24. The lowest BCUT2D eigenvalue weighted by Crippen LogP contribution is -2.49. The van der Waals surface area contributed by atoms with Crippen molar-refractivity contribution in [2.45, 2.75) is 19.9 Å². The van der Waals surface area contributed by atoms with Crippen LogP contribution in [0.25, 0.3) is 0 Å². The Morgan fingerprint density at radius 2 is 1.90 bits per heavy atom. The third kappa shape index (κ3) is 3.65. The zero-order valence-corrected chi connectivity index (χ0v) is 12.5. The van der Waals surface area contributed by atoms with E-state index in [0.717, 1.165) is 11.4 Å². The second-order valence-corrected chi connectivity index (χ2v) is 4.91. The Morgan fingerprint density at radius 3 is 2.57 bits per heavy atom. The highest BCUT2D eigenvalue weighted by Gasteiger charge is 2.23. The highest BCUT2D eigenvalue weighted by atomic mass is 16.2. The number of nitrogens with zero attached hydrogens (tertiary/aromatic N) is 1. The van der Waals surface area contributed by atoms with E-state index in [1.54, 1.807) is 4.90 Å². The number of carbonyl (C=O) groups excluding carboxylic acids is 2. The first-order valence-electron chi connectivity index (χ1n) is 7.30. The molecule has 6 nitrogen and oxygen atoms in total. The summed E-state index contributed by atoms with van der Waals surface area (Å²) in [5.74, 6) is -0.227. The van der Waals surface area contributed by atoms with Crippen molar-refractivity contribution in [2.75, 3.05) is 36.8 Å². The quantitative estimate of drug-likeness (QED) is 0.752. The van der Waals surface area contributed by atoms with E-state index in [0.29, 0.717) is 19.6 Å². The van der Waals surface area contributed by atoms with Gasteiger partial charge < -0.3 is 20.9 Å². The van der Waals surface area contributed by atoms with Crippen molar-refractivity contribution in [3.05, 3.63) is 24.3 Å². The van der Waals surface area contributed by atoms with Gasteiger partial charge in [0.15, 0.2) is 0 Å². The lowest BCUT2D eigenvalue weighted by molar-refractivity contribution is -0.132. The van der Waals surface area contributed by atoms with Crippen LogP contribution in [0.5, 0.6) is 0 Å². The number of para-hydroxylation sites is 2. The van der Waals surface area contributed by atoms with Crippen LogP contribution in [-0.2, 0) is 9.59 Å². The topological polar surface area (TPSA) is 73.5 Å². The highest BCUT2D eigenvalue weighted by Crippen LogP contribution is 2.24. The lowest BCUT2D eigenvalue weighted by Gasteiger charge is -2.27. The number of rotatable bonds is 5. The molecule has 0 aromatic heterocycles. The summed E-state index contributed by atoms with van der Waals surface area (Å²) in [6.45, 7) is 5.70. The standard InChI is InChI=1S/C15H22N4O2/c1-3-19(4-2)14(20)10-17-15(21)13-9-16-11-7-5-6-8-12(11)18-13/h5-8,13,16,18H,3-4,9-10H2,1-2H3,(H,17,21). The molecule has 1 heterocycles. The van der Waals surface area contributed by atoms with Gasteiger partial charge in [0.25, 0.3) is 0 Å². The summed E-state index contributed by atoms with van der Waals surface area (Å²) >= 11 is 0. The van der Waals surface area contributed by atoms with Crippen LogP contribution in [0.3, 0.4) is 0 Å². The third-order valence-corrected chi connectivity index (χ3v) is 3.60. The average Bonchev–Trinajstić information content (AvgIpc) is 2.53. The van der Waals surface area contributed by atoms with E-state index < -0.39 is 0 Å². The summed E-state index contributed by atoms with van der Waals surface area (Å²) < 4.78 is 0. The molecule has 2 rings (SSSR count). The van der Waals surface area contributed by atoms with Crippen LogP contribution in [0.15, 0.2) is 24.3 Å². The number of hydrogen-bond donors (Lipinski definition) is 3. The van der Waals surface area contributed by atoms with E-state index in [2.05, 4.69) is 16.0 Å². The summed E-state index contributed by atoms with van der Waals surface area (Å²) in [4.78, 5) is 25.7. The van der Waals surface area contributed by atoms with E-state index in [-0.39, 0.29) is 24.4 Å². The molecule has 1 atom stereocenters. The van der Waals surface area contributed by atoms with Crippen molar-refractivity contribution in [2.24, 2.45) is 0 Å². The van der Waals surface area contributed by atoms with Crippen LogP contribution in [-0.4, -0.2) is 48.9 Å². The van der Waals surface area contributed by atoms with Gasteiger partial charge >= 0.3 is 0 Å². The van der Waals surface area contributed by atoms with Crippen molar-refractivity contribution < 1.29 is 9.59 Å². The second-order valence-electron chi connectivity index (χ2n) is 4.91. The van der Waals surface area contributed by atoms with Crippen molar-refractivity contribution in [1.82, 2.24) is 10.2 Å². The molecule has 1 aliphatic heterocycles. The molecule has 1 aromatic rings. The Labute approximate surface area is 124 Å². The second kappa shape index (κ2) is 6.97. The summed E-state index contributed by atoms with van der Waals surface area (Å²) in [7, 11) is 0. The van der Waals surface area contributed by atoms with Crippen molar-refractivity contribution in [3.8, 4) is 0 Å². The van der Waals surface area contributed by atoms with Crippen LogP contribution in [0.1, 0.15) is 13.8 Å². The monoisotopic (exact) mass is 290 g/mol. The van der Waals surface area contributed by atoms with Crippen LogP contribution in [0.2, 0.25) is 0 Å². The van der Waals surface area contributed by atoms with Gasteiger partial charge in [0, 0.05) is 19.6 Å². The zero-order valence-electron chi connectivity index (χ0n) is 12.5. The van der Waals surface area contributed by atoms with E-state index in [9.17, 15) is 9.59 Å². The van der Waals surface area contributed by atoms with Crippen LogP contribution in [0, 0.1) is 0 Å². The number of fused-ring (bicyclic) bond motifs is 1. The Kier molecular flexibility index (Phi) is 5.03. The largest absolute Gasteiger partial charge is 0.381 e. The molecule has 2 amide bonds. The molecular weight excluding hydrogens is 268 g/mol. The molecule has 0 saturated heterocycles. The third-order valence-electron chi connectivity index (χ3n) is 3.60. The highest BCUT2D eigenvalue weighted by molar-refractivity contribution is 5.91. The summed E-state index contributed by atoms with van der Waals surface area (Å²) in [6.07, 6.45) is 0. The molecule has 3 N–H and O–H groups in total. The number of benzene rings is 1. The molecule has 0 saturated carbocycles. The van der Waals surface area contributed by atoms with Crippen molar-refractivity contribution in [3.63, 3.8) is 0 Å². The normalized spacial score (nSPS) is 16.2. The van der Waals surface area contributed by atoms with Crippen molar-refractivity contribution >= 4 is 23.2 Å². The fraction of sp³-hybridized carbons (Fsp3) is 0.467. The molecule has 0 bridgehead atoms. The van der Waals surface area contributed by atoms with Gasteiger partial charge in [-0.2, -0.15) is 0 Å². The van der Waals surface area contributed by atoms with Gasteiger partial charge in [0.1, 0.15) is 6.04 Å². The van der Waals surface area contributed by atoms with Crippen LogP contribution in [0.4, 0.5) is 11.4 Å². The van der Waals surface area contributed by atoms with Crippen LogP contribution >= 0.6 is 0 Å². The molecule has 0 radical (unpaired) electrons. The van der Waals surface area contributed by atoms with E-state index >= 15 is 0 Å². The minimum absolute atomic E-state index is 0.0420. The van der Waals surface area contributed by atoms with E-state index in [4.69, 9.17) is 0 Å². The predicted octanol–water partition coefficient (Wildman–Crippen LogP) is 0.877. The van der Waals surface area contributed by atoms with Gasteiger partial charge in [0.2, 0.25) is 11.8 Å². The molecule has 1 unspecified atom stereocenters. The molecule has 21 heavy (non-hydrogen) atoms. The average molecular weight is 290 g/mol. The van der Waals surface area contributed by atoms with Gasteiger partial charge in [-0.3, -0.25) is 9.59 Å². The molecule has 1 aromatic carbocycles. The summed E-state index contributed by atoms with van der Waals surface area (Å²) in [5.41, 5.74) is 1.89. The number of hydrogen-bond acceptors (Lipinski definition) is 4. The lowest BCUT2D eigenvalue weighted by atomic mass is 10.1. The SMILES string of the molecule is CCN(CC)C(=O)CNC(=O)C1CNc2ccccc2N1. The van der Waals surface area contributed by atoms with Crippen LogP contribution < -0.4 is 16.0 Å². The number of nitrogens with one attached hydrogen (secondary N) is 3. The first-order chi connectivity index (χ1) is 10.2. The fourth-order valence-corrected chi connectivity index (χ4v) is 2.35. The summed E-state index contributed by atoms with van der Waals surface area (Å²) in [5, 5.41) is 9.09. The first-order valence-corrected chi connectivity index (χ1v) is 7.30. The van der Waals surface area contributed by atoms with Crippen molar-refractivity contribution in [1.29, 1.82) is 0 Å². The maximum atomic E-state index is 12.1. The summed E-state index contributed by atoms with van der Waals surface area (Å²) in [6, 6.07) is 7.36. The minimum Gasteiger partial charge on any atom is -0.381 e. The number of amides is 2. The van der Waals surface area contributed by atoms with E-state index in [1.165, 1.54) is 0 Å². The number of likely N-dealkylation sites (N-methyl/N-ethyl adjacent to an activating group) is 1. The van der Waals surface area contributed by atoms with Gasteiger partial charge in [-0.15, -0.1) is 0 Å². The first kappa shape index (κ1) is 15.2. The molecule has 0 fully saturated rings. The molecular formula is C15H22N4O2. The van der Waals surface area contributed by atoms with Gasteiger partial charge in [0.05, 0.1) is 17.9 Å². The Bertz CT molecular complexity index is 514. The zero-order chi connectivity index (χ0) is 15.2. The predicted molar refractivity (Wildman–Crippen MR) is 83.3 cm³/mol. The number of carbonyl (C=O) groups is 2. The maximum absolute atomic E-state index is 12.1. The fourth-order valence-electron chi connectivity index (χ4n) is 2.35. The number of anilines is 2. The van der Waals surface area contributed by atoms with Gasteiger partial charge in [-0.25, -0.2) is 0 Å². The van der Waals surface area contributed by atoms with Gasteiger partial charge in [-0.1, -0.05) is 12.1 Å². The minimum atomic E-state index is -0.371. The molecule has 6 heteroatoms. The smallest absolute Gasteiger partial charge is 0.244 e. The molecule has 114 valence electrons. The molecule has 0 spiro atoms. The Balaban J connectivity index is 1.86. The molecule has 1 aliphatic rings. The van der Waals surface area contributed by atoms with E-state index in [1.807, 2.05) is 38.1 Å². The van der Waals surface area contributed by atoms with Gasteiger partial charge in [-0.05, 0) is 26.0 Å². The molecule has 0 aliphatic carbocycles. The Morgan fingerprint density at radius 1 is 1.24 bits per heavy atom. The maximum Gasteiger partial charge on any atom is 0.244 e.